The molecule has 2 unspecified atom stereocenters. The van der Waals surface area contributed by atoms with Crippen molar-refractivity contribution in [3.8, 4) is 5.75 Å². The van der Waals surface area contributed by atoms with Crippen molar-refractivity contribution in [2.75, 3.05) is 0 Å². The van der Waals surface area contributed by atoms with Crippen LogP contribution >= 0.6 is 0 Å². The lowest BCUT2D eigenvalue weighted by atomic mass is 9.90. The summed E-state index contributed by atoms with van der Waals surface area (Å²) in [6.45, 7) is 0. The third-order valence-electron chi connectivity index (χ3n) is 4.56. The fourth-order valence-electron chi connectivity index (χ4n) is 3.44. The van der Waals surface area contributed by atoms with Crippen molar-refractivity contribution in [3.63, 3.8) is 0 Å². The Morgan fingerprint density at radius 1 is 1.17 bits per heavy atom. The van der Waals surface area contributed by atoms with Gasteiger partial charge < -0.3 is 25.3 Å². The maximum Gasteiger partial charge on any atom is 0.153 e. The summed E-state index contributed by atoms with van der Waals surface area (Å²) in [6, 6.07) is 14.0. The van der Waals surface area contributed by atoms with E-state index in [4.69, 9.17) is 0 Å². The number of carbonyl (C=O) groups excluding carboxylic acids is 1. The number of aromatic nitrogens is 1. The minimum atomic E-state index is -1.05. The van der Waals surface area contributed by atoms with Gasteiger partial charge in [0.1, 0.15) is 11.8 Å². The Labute approximate surface area is 132 Å². The summed E-state index contributed by atoms with van der Waals surface area (Å²) in [6.07, 6.45) is 0.441. The number of H-pyrrole nitrogens is 1. The van der Waals surface area contributed by atoms with Crippen LogP contribution in [0.15, 0.2) is 48.5 Å². The molecule has 2 atom stereocenters. The van der Waals surface area contributed by atoms with Gasteiger partial charge in [0.2, 0.25) is 0 Å². The summed E-state index contributed by atoms with van der Waals surface area (Å²) in [4.78, 5) is 14.9. The normalized spacial score (nSPS) is 20.3. The number of hydrogen-bond acceptors (Lipinski definition) is 3. The molecule has 0 saturated carbocycles. The van der Waals surface area contributed by atoms with Crippen molar-refractivity contribution in [2.45, 2.75) is 18.5 Å². The second-order valence-corrected chi connectivity index (χ2v) is 5.95. The maximum atomic E-state index is 11.5. The molecule has 1 aliphatic rings. The second kappa shape index (κ2) is 5.14. The van der Waals surface area contributed by atoms with Crippen LogP contribution in [0.2, 0.25) is 0 Å². The lowest BCUT2D eigenvalue weighted by molar-refractivity contribution is -0.717. The summed E-state index contributed by atoms with van der Waals surface area (Å²) in [7, 11) is 0. The predicted octanol–water partition coefficient (Wildman–Crippen LogP) is 0.201. The van der Waals surface area contributed by atoms with Crippen molar-refractivity contribution in [3.05, 3.63) is 65.4 Å². The Bertz CT molecular complexity index is 883. The van der Waals surface area contributed by atoms with Crippen molar-refractivity contribution in [1.29, 1.82) is 0 Å². The van der Waals surface area contributed by atoms with Crippen LogP contribution in [0.25, 0.3) is 10.9 Å². The quantitative estimate of drug-likeness (QED) is 0.631. The molecule has 0 saturated heterocycles. The van der Waals surface area contributed by atoms with E-state index in [1.54, 1.807) is 12.1 Å². The number of rotatable bonds is 2. The van der Waals surface area contributed by atoms with Crippen LogP contribution in [0.4, 0.5) is 0 Å². The molecule has 5 heteroatoms. The van der Waals surface area contributed by atoms with Crippen LogP contribution in [-0.2, 0) is 11.2 Å². The summed E-state index contributed by atoms with van der Waals surface area (Å²) < 4.78 is 0. The number of carboxylic acid groups (broad SMARTS) is 1. The van der Waals surface area contributed by atoms with Crippen molar-refractivity contribution in [2.24, 2.45) is 0 Å². The first-order chi connectivity index (χ1) is 11.1. The number of carbonyl (C=O) groups is 1. The van der Waals surface area contributed by atoms with E-state index in [0.717, 1.165) is 27.7 Å². The van der Waals surface area contributed by atoms with Gasteiger partial charge >= 0.3 is 0 Å². The van der Waals surface area contributed by atoms with Crippen molar-refractivity contribution < 1.29 is 20.3 Å². The summed E-state index contributed by atoms with van der Waals surface area (Å²) in [5.41, 5.74) is 4.01. The zero-order valence-electron chi connectivity index (χ0n) is 12.3. The zero-order chi connectivity index (χ0) is 16.0. The number of benzene rings is 2. The van der Waals surface area contributed by atoms with E-state index in [2.05, 4.69) is 4.98 Å². The van der Waals surface area contributed by atoms with E-state index >= 15 is 0 Å². The van der Waals surface area contributed by atoms with Gasteiger partial charge in [-0.1, -0.05) is 18.2 Å². The van der Waals surface area contributed by atoms with E-state index in [0.29, 0.717) is 6.42 Å². The van der Waals surface area contributed by atoms with E-state index in [9.17, 15) is 15.0 Å². The van der Waals surface area contributed by atoms with Crippen LogP contribution in [0.1, 0.15) is 22.9 Å². The van der Waals surface area contributed by atoms with Crippen LogP contribution in [0.3, 0.4) is 0 Å². The third kappa shape index (κ3) is 2.26. The van der Waals surface area contributed by atoms with Crippen LogP contribution < -0.4 is 10.4 Å². The first kappa shape index (κ1) is 13.8. The highest BCUT2D eigenvalue weighted by Crippen LogP contribution is 2.32. The number of nitrogens with one attached hydrogen (secondary N) is 1. The van der Waals surface area contributed by atoms with Gasteiger partial charge in [0.25, 0.3) is 0 Å². The van der Waals surface area contributed by atoms with Gasteiger partial charge in [-0.25, -0.2) is 0 Å². The molecule has 0 fully saturated rings. The molecule has 1 aromatic heterocycles. The van der Waals surface area contributed by atoms with Gasteiger partial charge in [0, 0.05) is 22.9 Å². The number of hydrogen-bond donors (Lipinski definition) is 3. The molecule has 0 radical (unpaired) electrons. The molecule has 0 bridgehead atoms. The predicted molar refractivity (Wildman–Crippen MR) is 82.7 cm³/mol. The molecular formula is C18H16N2O3. The van der Waals surface area contributed by atoms with Gasteiger partial charge in [-0.15, -0.1) is 0 Å². The monoisotopic (exact) mass is 308 g/mol. The Hall–Kier alpha value is -2.79. The average Bonchev–Trinajstić information content (AvgIpc) is 2.93. The minimum Gasteiger partial charge on any atom is -0.544 e. The standard InChI is InChI=1S/C18H16N2O3/c21-11-7-5-10(6-8-11)16-17-13(9-15(20-16)18(22)23)12-3-1-2-4-14(12)19-17/h1-8,15-16,19-21H,9H2,(H,22,23). The highest BCUT2D eigenvalue weighted by atomic mass is 16.4. The molecule has 2 aromatic carbocycles. The first-order valence-electron chi connectivity index (χ1n) is 7.58. The molecule has 4 rings (SSSR count). The largest absolute Gasteiger partial charge is 0.544 e. The molecule has 2 heterocycles. The summed E-state index contributed by atoms with van der Waals surface area (Å²) in [5.74, 6) is -0.859. The fourth-order valence-corrected chi connectivity index (χ4v) is 3.44. The molecule has 1 aliphatic heterocycles. The maximum absolute atomic E-state index is 11.5. The number of carboxylic acids is 1. The molecule has 116 valence electrons. The number of aliphatic carboxylic acids is 1. The Morgan fingerprint density at radius 2 is 1.91 bits per heavy atom. The fraction of sp³-hybridized carbons (Fsp3) is 0.167. The van der Waals surface area contributed by atoms with E-state index in [1.807, 2.05) is 41.7 Å². The van der Waals surface area contributed by atoms with E-state index in [-0.39, 0.29) is 11.8 Å². The number of fused-ring (bicyclic) bond motifs is 3. The lowest BCUT2D eigenvalue weighted by Crippen LogP contribution is -2.95. The summed E-state index contributed by atoms with van der Waals surface area (Å²) in [5, 5.41) is 23.8. The average molecular weight is 308 g/mol. The van der Waals surface area contributed by atoms with Gasteiger partial charge in [-0.05, 0) is 35.9 Å². The Kier molecular flexibility index (Phi) is 3.09. The van der Waals surface area contributed by atoms with Crippen LogP contribution in [-0.4, -0.2) is 22.1 Å². The van der Waals surface area contributed by atoms with Crippen molar-refractivity contribution >= 4 is 16.9 Å². The number of aromatic amines is 1. The SMILES string of the molecule is O=C([O-])C1Cc2c([nH]c3ccccc23)C(c2ccc(O)cc2)[NH2+]1. The molecule has 4 N–H and O–H groups in total. The summed E-state index contributed by atoms with van der Waals surface area (Å²) >= 11 is 0. The Balaban J connectivity index is 1.89. The molecule has 0 aliphatic carbocycles. The highest BCUT2D eigenvalue weighted by Gasteiger charge is 2.34. The number of phenols is 1. The van der Waals surface area contributed by atoms with Crippen molar-refractivity contribution in [1.82, 2.24) is 4.98 Å². The smallest absolute Gasteiger partial charge is 0.153 e. The number of nitrogens with two attached hydrogens (primary N) is 1. The van der Waals surface area contributed by atoms with E-state index < -0.39 is 12.0 Å². The third-order valence-corrected chi connectivity index (χ3v) is 4.56. The van der Waals surface area contributed by atoms with Crippen LogP contribution in [0.5, 0.6) is 5.75 Å². The van der Waals surface area contributed by atoms with E-state index in [1.165, 1.54) is 0 Å². The number of aromatic hydroxyl groups is 1. The topological polar surface area (TPSA) is 92.8 Å². The molecule has 0 amide bonds. The van der Waals surface area contributed by atoms with Gasteiger partial charge in [-0.2, -0.15) is 0 Å². The minimum absolute atomic E-state index is 0.158. The molecular weight excluding hydrogens is 292 g/mol. The Morgan fingerprint density at radius 3 is 2.65 bits per heavy atom. The van der Waals surface area contributed by atoms with Gasteiger partial charge in [-0.3, -0.25) is 0 Å². The highest BCUT2D eigenvalue weighted by molar-refractivity contribution is 5.86. The molecule has 23 heavy (non-hydrogen) atoms. The first-order valence-corrected chi connectivity index (χ1v) is 7.58. The molecule has 5 nitrogen and oxygen atoms in total. The van der Waals surface area contributed by atoms with Crippen LogP contribution in [0, 0.1) is 0 Å². The molecule has 0 spiro atoms. The molecule has 3 aromatic rings. The lowest BCUT2D eigenvalue weighted by Gasteiger charge is -2.28. The zero-order valence-corrected chi connectivity index (χ0v) is 12.3. The van der Waals surface area contributed by atoms with Gasteiger partial charge in [0.15, 0.2) is 6.04 Å². The number of phenolic OH excluding ortho intramolecular Hbond substituents is 1. The van der Waals surface area contributed by atoms with Gasteiger partial charge in [0.05, 0.1) is 11.7 Å². The second-order valence-electron chi connectivity index (χ2n) is 5.95. The number of para-hydroxylation sites is 1. The number of quaternary nitrogens is 1.